The summed E-state index contributed by atoms with van der Waals surface area (Å²) in [6.07, 6.45) is 2.83. The number of amides is 1. The molecule has 1 aromatic heterocycles. The predicted octanol–water partition coefficient (Wildman–Crippen LogP) is 4.38. The van der Waals surface area contributed by atoms with Crippen molar-refractivity contribution in [3.05, 3.63) is 77.9 Å². The fourth-order valence-electron chi connectivity index (χ4n) is 3.26. The van der Waals surface area contributed by atoms with E-state index in [1.807, 2.05) is 24.3 Å². The third-order valence-electron chi connectivity index (χ3n) is 4.71. The highest BCUT2D eigenvalue weighted by atomic mass is 19.1. The molecule has 1 aliphatic rings. The molecule has 1 aliphatic heterocycles. The lowest BCUT2D eigenvalue weighted by atomic mass is 10.1. The van der Waals surface area contributed by atoms with Gasteiger partial charge in [0.05, 0.1) is 0 Å². The second-order valence-corrected chi connectivity index (χ2v) is 6.49. The van der Waals surface area contributed by atoms with Crippen molar-refractivity contribution in [1.82, 2.24) is 15.0 Å². The van der Waals surface area contributed by atoms with Gasteiger partial charge in [-0.15, -0.1) is 0 Å². The van der Waals surface area contributed by atoms with E-state index in [1.165, 1.54) is 12.1 Å². The molecule has 136 valence electrons. The summed E-state index contributed by atoms with van der Waals surface area (Å²) in [4.78, 5) is 18.5. The number of carbonyl (C=O) groups excluding carboxylic acids is 1. The molecule has 3 aromatic rings. The number of carbonyl (C=O) groups is 1. The largest absolute Gasteiger partial charge is 0.337 e. The van der Waals surface area contributed by atoms with E-state index < -0.39 is 0 Å². The van der Waals surface area contributed by atoms with Gasteiger partial charge in [-0.1, -0.05) is 54.2 Å². The SMILES string of the molecule is C=Cc1ccc(CN2C(=O)CCC2c2nc(-c3cccc(F)c3)no2)cc1. The number of aromatic nitrogens is 2. The molecule has 4 rings (SSSR count). The van der Waals surface area contributed by atoms with Crippen LogP contribution in [0.4, 0.5) is 4.39 Å². The lowest BCUT2D eigenvalue weighted by Gasteiger charge is -2.22. The zero-order chi connectivity index (χ0) is 18.8. The van der Waals surface area contributed by atoms with Crippen LogP contribution < -0.4 is 0 Å². The third kappa shape index (κ3) is 3.51. The molecule has 2 aromatic carbocycles. The molecule has 1 amide bonds. The van der Waals surface area contributed by atoms with Gasteiger partial charge in [0.1, 0.15) is 11.9 Å². The van der Waals surface area contributed by atoms with Crippen molar-refractivity contribution >= 4 is 12.0 Å². The van der Waals surface area contributed by atoms with E-state index >= 15 is 0 Å². The van der Waals surface area contributed by atoms with Gasteiger partial charge in [-0.3, -0.25) is 4.79 Å². The molecule has 27 heavy (non-hydrogen) atoms. The minimum Gasteiger partial charge on any atom is -0.337 e. The zero-order valence-corrected chi connectivity index (χ0v) is 14.6. The molecular formula is C21H18FN3O2. The first-order chi connectivity index (χ1) is 13.1. The lowest BCUT2D eigenvalue weighted by molar-refractivity contribution is -0.129. The monoisotopic (exact) mass is 363 g/mol. The highest BCUT2D eigenvalue weighted by Gasteiger charge is 2.36. The van der Waals surface area contributed by atoms with Crippen molar-refractivity contribution in [3.8, 4) is 11.4 Å². The molecule has 1 fully saturated rings. The maximum absolute atomic E-state index is 13.4. The van der Waals surface area contributed by atoms with Gasteiger partial charge in [0.2, 0.25) is 17.6 Å². The molecule has 0 bridgehead atoms. The number of halogens is 1. The highest BCUT2D eigenvalue weighted by Crippen LogP contribution is 2.34. The first kappa shape index (κ1) is 17.1. The summed E-state index contributed by atoms with van der Waals surface area (Å²) in [5.74, 6) is 0.389. The number of nitrogens with zero attached hydrogens (tertiary/aromatic N) is 3. The Morgan fingerprint density at radius 2 is 2.07 bits per heavy atom. The van der Waals surface area contributed by atoms with Crippen LogP contribution in [0.15, 0.2) is 59.6 Å². The summed E-state index contributed by atoms with van der Waals surface area (Å²) in [5, 5.41) is 3.96. The third-order valence-corrected chi connectivity index (χ3v) is 4.71. The van der Waals surface area contributed by atoms with Gasteiger partial charge < -0.3 is 9.42 Å². The average Bonchev–Trinajstić information content (AvgIpc) is 3.30. The van der Waals surface area contributed by atoms with Crippen LogP contribution >= 0.6 is 0 Å². The molecule has 1 atom stereocenters. The van der Waals surface area contributed by atoms with Crippen LogP contribution in [0.2, 0.25) is 0 Å². The van der Waals surface area contributed by atoms with Gasteiger partial charge in [0, 0.05) is 18.5 Å². The average molecular weight is 363 g/mol. The Hall–Kier alpha value is -3.28. The highest BCUT2D eigenvalue weighted by molar-refractivity contribution is 5.78. The Balaban J connectivity index is 1.56. The first-order valence-corrected chi connectivity index (χ1v) is 8.74. The van der Waals surface area contributed by atoms with E-state index in [0.717, 1.165) is 11.1 Å². The maximum Gasteiger partial charge on any atom is 0.249 e. The lowest BCUT2D eigenvalue weighted by Crippen LogP contribution is -2.27. The zero-order valence-electron chi connectivity index (χ0n) is 14.6. The Kier molecular flexibility index (Phi) is 4.54. The summed E-state index contributed by atoms with van der Waals surface area (Å²) in [7, 11) is 0. The van der Waals surface area contributed by atoms with E-state index in [4.69, 9.17) is 4.52 Å². The van der Waals surface area contributed by atoms with Gasteiger partial charge in [0.25, 0.3) is 0 Å². The molecule has 6 heteroatoms. The molecule has 0 saturated carbocycles. The van der Waals surface area contributed by atoms with Gasteiger partial charge in [0.15, 0.2) is 0 Å². The van der Waals surface area contributed by atoms with Crippen LogP contribution in [0.5, 0.6) is 0 Å². The normalized spacial score (nSPS) is 16.7. The quantitative estimate of drug-likeness (QED) is 0.675. The van der Waals surface area contributed by atoms with E-state index in [0.29, 0.717) is 36.7 Å². The van der Waals surface area contributed by atoms with E-state index in [2.05, 4.69) is 16.7 Å². The van der Waals surface area contributed by atoms with Crippen molar-refractivity contribution in [1.29, 1.82) is 0 Å². The predicted molar refractivity (Wildman–Crippen MR) is 98.8 cm³/mol. The number of hydrogen-bond donors (Lipinski definition) is 0. The molecule has 2 heterocycles. The van der Waals surface area contributed by atoms with Gasteiger partial charge >= 0.3 is 0 Å². The molecule has 0 N–H and O–H groups in total. The topological polar surface area (TPSA) is 59.2 Å². The van der Waals surface area contributed by atoms with Crippen molar-refractivity contribution in [3.63, 3.8) is 0 Å². The minimum absolute atomic E-state index is 0.0540. The Morgan fingerprint density at radius 1 is 1.26 bits per heavy atom. The Morgan fingerprint density at radius 3 is 2.81 bits per heavy atom. The van der Waals surface area contributed by atoms with Crippen molar-refractivity contribution in [2.45, 2.75) is 25.4 Å². The van der Waals surface area contributed by atoms with Crippen LogP contribution in [0.1, 0.15) is 35.9 Å². The van der Waals surface area contributed by atoms with Crippen LogP contribution in [-0.2, 0) is 11.3 Å². The molecule has 0 spiro atoms. The van der Waals surface area contributed by atoms with Crippen LogP contribution in [-0.4, -0.2) is 20.9 Å². The number of likely N-dealkylation sites (tertiary alicyclic amines) is 1. The van der Waals surface area contributed by atoms with Gasteiger partial charge in [-0.25, -0.2) is 4.39 Å². The molecule has 0 aliphatic carbocycles. The summed E-state index contributed by atoms with van der Waals surface area (Å²) >= 11 is 0. The fraction of sp³-hybridized carbons (Fsp3) is 0.190. The van der Waals surface area contributed by atoms with Crippen molar-refractivity contribution in [2.75, 3.05) is 0 Å². The van der Waals surface area contributed by atoms with Crippen LogP contribution in [0.25, 0.3) is 17.5 Å². The van der Waals surface area contributed by atoms with E-state index in [1.54, 1.807) is 23.1 Å². The maximum atomic E-state index is 13.4. The van der Waals surface area contributed by atoms with Crippen molar-refractivity contribution < 1.29 is 13.7 Å². The molecule has 0 radical (unpaired) electrons. The number of hydrogen-bond acceptors (Lipinski definition) is 4. The van der Waals surface area contributed by atoms with Crippen LogP contribution in [0, 0.1) is 5.82 Å². The van der Waals surface area contributed by atoms with E-state index in [9.17, 15) is 9.18 Å². The smallest absolute Gasteiger partial charge is 0.249 e. The Bertz CT molecular complexity index is 981. The van der Waals surface area contributed by atoms with E-state index in [-0.39, 0.29) is 17.8 Å². The molecule has 5 nitrogen and oxygen atoms in total. The molecule has 1 unspecified atom stereocenters. The number of rotatable bonds is 5. The number of benzene rings is 2. The minimum atomic E-state index is -0.362. The molecular weight excluding hydrogens is 345 g/mol. The first-order valence-electron chi connectivity index (χ1n) is 8.74. The van der Waals surface area contributed by atoms with Gasteiger partial charge in [-0.05, 0) is 29.7 Å². The second kappa shape index (κ2) is 7.15. The standard InChI is InChI=1S/C21H18FN3O2/c1-2-14-6-8-15(9-7-14)13-25-18(10-11-19(25)26)21-23-20(24-27-21)16-4-3-5-17(22)12-16/h2-9,12,18H,1,10-11,13H2. The summed E-state index contributed by atoms with van der Waals surface area (Å²) in [6, 6.07) is 13.6. The Labute approximate surface area is 156 Å². The summed E-state index contributed by atoms with van der Waals surface area (Å²) < 4.78 is 18.8. The molecule has 1 saturated heterocycles. The van der Waals surface area contributed by atoms with Crippen LogP contribution in [0.3, 0.4) is 0 Å². The second-order valence-electron chi connectivity index (χ2n) is 6.49. The summed E-state index contributed by atoms with van der Waals surface area (Å²) in [6.45, 7) is 4.22. The summed E-state index contributed by atoms with van der Waals surface area (Å²) in [5.41, 5.74) is 2.59. The van der Waals surface area contributed by atoms with Gasteiger partial charge in [-0.2, -0.15) is 4.98 Å². The fourth-order valence-corrected chi connectivity index (χ4v) is 3.26. The van der Waals surface area contributed by atoms with Crippen molar-refractivity contribution in [2.24, 2.45) is 0 Å².